The van der Waals surface area contributed by atoms with E-state index < -0.39 is 12.8 Å². The van der Waals surface area contributed by atoms with Crippen molar-refractivity contribution >= 4 is 11.6 Å². The van der Waals surface area contributed by atoms with Crippen LogP contribution in [0.25, 0.3) is 0 Å². The Bertz CT molecular complexity index is 733. The molecule has 8 heteroatoms. The molecule has 128 valence electrons. The van der Waals surface area contributed by atoms with Crippen molar-refractivity contribution in [3.05, 3.63) is 53.2 Å². The van der Waals surface area contributed by atoms with Gasteiger partial charge in [-0.25, -0.2) is 4.98 Å². The molecule has 0 saturated heterocycles. The van der Waals surface area contributed by atoms with Gasteiger partial charge in [-0.05, 0) is 36.2 Å². The van der Waals surface area contributed by atoms with Crippen LogP contribution in [0.15, 0.2) is 36.5 Å². The third kappa shape index (κ3) is 5.15. The van der Waals surface area contributed by atoms with Crippen molar-refractivity contribution in [3.63, 3.8) is 0 Å². The number of aryl methyl sites for hydroxylation is 1. The monoisotopic (exact) mass is 339 g/mol. The van der Waals surface area contributed by atoms with Gasteiger partial charge in [-0.1, -0.05) is 6.07 Å². The number of anilines is 1. The van der Waals surface area contributed by atoms with Gasteiger partial charge >= 0.3 is 6.18 Å². The zero-order valence-electron chi connectivity index (χ0n) is 12.9. The first-order valence-corrected chi connectivity index (χ1v) is 7.03. The number of rotatable bonds is 5. The Kier molecular flexibility index (Phi) is 5.28. The van der Waals surface area contributed by atoms with Gasteiger partial charge in [0.2, 0.25) is 5.88 Å². The standard InChI is InChI=1S/C16H16F3N3O2/c1-10-2-3-12(20)7-13(10)15(23)22-8-11-4-5-21-14(6-11)24-9-16(17,18)19/h2-7H,8-9,20H2,1H3,(H,22,23). The Morgan fingerprint density at radius 3 is 2.75 bits per heavy atom. The Balaban J connectivity index is 1.99. The third-order valence-corrected chi connectivity index (χ3v) is 3.14. The van der Waals surface area contributed by atoms with Crippen molar-refractivity contribution in [2.45, 2.75) is 19.6 Å². The number of benzene rings is 1. The number of nitrogens with two attached hydrogens (primary N) is 1. The molecule has 1 aromatic heterocycles. The molecule has 2 rings (SSSR count). The molecule has 2 aromatic rings. The summed E-state index contributed by atoms with van der Waals surface area (Å²) >= 11 is 0. The number of nitrogens with zero attached hydrogens (tertiary/aromatic N) is 1. The van der Waals surface area contributed by atoms with E-state index in [0.29, 0.717) is 16.8 Å². The molecule has 3 N–H and O–H groups in total. The number of aromatic nitrogens is 1. The maximum Gasteiger partial charge on any atom is 0.422 e. The van der Waals surface area contributed by atoms with Crippen LogP contribution in [0.1, 0.15) is 21.5 Å². The summed E-state index contributed by atoms with van der Waals surface area (Å²) in [6.07, 6.45) is -3.12. The second kappa shape index (κ2) is 7.20. The second-order valence-corrected chi connectivity index (χ2v) is 5.16. The first kappa shape index (κ1) is 17.6. The van der Waals surface area contributed by atoms with Crippen LogP contribution < -0.4 is 15.8 Å². The van der Waals surface area contributed by atoms with E-state index in [-0.39, 0.29) is 18.3 Å². The first-order valence-electron chi connectivity index (χ1n) is 7.03. The van der Waals surface area contributed by atoms with Crippen molar-refractivity contribution in [1.29, 1.82) is 0 Å². The fourth-order valence-corrected chi connectivity index (χ4v) is 1.96. The molecule has 0 atom stereocenters. The quantitative estimate of drug-likeness (QED) is 0.821. The van der Waals surface area contributed by atoms with Gasteiger partial charge in [0.15, 0.2) is 6.61 Å². The van der Waals surface area contributed by atoms with Crippen molar-refractivity contribution < 1.29 is 22.7 Å². The Morgan fingerprint density at radius 2 is 2.04 bits per heavy atom. The lowest BCUT2D eigenvalue weighted by Crippen LogP contribution is -2.24. The highest BCUT2D eigenvalue weighted by molar-refractivity contribution is 5.96. The highest BCUT2D eigenvalue weighted by atomic mass is 19.4. The molecule has 1 amide bonds. The number of ether oxygens (including phenoxy) is 1. The number of pyridine rings is 1. The molecule has 0 aliphatic heterocycles. The van der Waals surface area contributed by atoms with E-state index in [9.17, 15) is 18.0 Å². The third-order valence-electron chi connectivity index (χ3n) is 3.14. The van der Waals surface area contributed by atoms with Gasteiger partial charge in [0.25, 0.3) is 5.91 Å². The van der Waals surface area contributed by atoms with Crippen molar-refractivity contribution in [1.82, 2.24) is 10.3 Å². The Hall–Kier alpha value is -2.77. The molecule has 0 aliphatic carbocycles. The second-order valence-electron chi connectivity index (χ2n) is 5.16. The summed E-state index contributed by atoms with van der Waals surface area (Å²) in [5, 5.41) is 2.68. The number of alkyl halides is 3. The molecule has 0 radical (unpaired) electrons. The predicted molar refractivity (Wildman–Crippen MR) is 82.5 cm³/mol. The largest absolute Gasteiger partial charge is 0.468 e. The summed E-state index contributed by atoms with van der Waals surface area (Å²) in [4.78, 5) is 15.9. The molecular weight excluding hydrogens is 323 g/mol. The van der Waals surface area contributed by atoms with Crippen LogP contribution in [0, 0.1) is 6.92 Å². The van der Waals surface area contributed by atoms with Crippen molar-refractivity contribution in [3.8, 4) is 5.88 Å². The molecule has 24 heavy (non-hydrogen) atoms. The molecule has 0 saturated carbocycles. The summed E-state index contributed by atoms with van der Waals surface area (Å²) in [5.41, 5.74) is 7.91. The van der Waals surface area contributed by atoms with Gasteiger partial charge in [-0.3, -0.25) is 4.79 Å². The lowest BCUT2D eigenvalue weighted by atomic mass is 10.1. The van der Waals surface area contributed by atoms with Crippen molar-refractivity contribution in [2.24, 2.45) is 0 Å². The van der Waals surface area contributed by atoms with Crippen LogP contribution in [0.5, 0.6) is 5.88 Å². The summed E-state index contributed by atoms with van der Waals surface area (Å²) in [7, 11) is 0. The molecule has 1 aromatic carbocycles. The SMILES string of the molecule is Cc1ccc(N)cc1C(=O)NCc1ccnc(OCC(F)(F)F)c1. The minimum absolute atomic E-state index is 0.123. The Morgan fingerprint density at radius 1 is 1.29 bits per heavy atom. The molecule has 1 heterocycles. The maximum atomic E-state index is 12.2. The van der Waals surface area contributed by atoms with Crippen LogP contribution in [0.2, 0.25) is 0 Å². The van der Waals surface area contributed by atoms with E-state index in [1.165, 1.54) is 12.3 Å². The van der Waals surface area contributed by atoms with E-state index in [0.717, 1.165) is 5.56 Å². The first-order chi connectivity index (χ1) is 11.2. The number of halogens is 3. The average Bonchev–Trinajstić information content (AvgIpc) is 2.53. The molecule has 0 unspecified atom stereocenters. The summed E-state index contributed by atoms with van der Waals surface area (Å²) in [6.45, 7) is 0.486. The Labute approximate surface area is 136 Å². The van der Waals surface area contributed by atoms with Gasteiger partial charge in [-0.2, -0.15) is 13.2 Å². The summed E-state index contributed by atoms with van der Waals surface area (Å²) in [6, 6.07) is 7.92. The van der Waals surface area contributed by atoms with Gasteiger partial charge in [0.05, 0.1) is 0 Å². The van der Waals surface area contributed by atoms with Gasteiger partial charge in [-0.15, -0.1) is 0 Å². The van der Waals surface area contributed by atoms with E-state index >= 15 is 0 Å². The van der Waals surface area contributed by atoms with Crippen LogP contribution in [0.3, 0.4) is 0 Å². The fourth-order valence-electron chi connectivity index (χ4n) is 1.96. The molecule has 0 fully saturated rings. The minimum Gasteiger partial charge on any atom is -0.468 e. The van der Waals surface area contributed by atoms with E-state index in [4.69, 9.17) is 5.73 Å². The van der Waals surface area contributed by atoms with Gasteiger partial charge < -0.3 is 15.8 Å². The van der Waals surface area contributed by atoms with Crippen LogP contribution >= 0.6 is 0 Å². The number of nitrogen functional groups attached to an aromatic ring is 1. The summed E-state index contributed by atoms with van der Waals surface area (Å²) < 4.78 is 41.0. The van der Waals surface area contributed by atoms with Crippen LogP contribution in [-0.4, -0.2) is 23.7 Å². The van der Waals surface area contributed by atoms with Crippen molar-refractivity contribution in [2.75, 3.05) is 12.3 Å². The zero-order valence-corrected chi connectivity index (χ0v) is 12.9. The zero-order chi connectivity index (χ0) is 17.7. The van der Waals surface area contributed by atoms with Crippen LogP contribution in [-0.2, 0) is 6.54 Å². The predicted octanol–water partition coefficient (Wildman–Crippen LogP) is 2.84. The van der Waals surface area contributed by atoms with Gasteiger partial charge in [0.1, 0.15) is 0 Å². The van der Waals surface area contributed by atoms with E-state index in [1.807, 2.05) is 0 Å². The van der Waals surface area contributed by atoms with Gasteiger partial charge in [0, 0.05) is 30.1 Å². The topological polar surface area (TPSA) is 77.2 Å². The van der Waals surface area contributed by atoms with E-state index in [2.05, 4.69) is 15.0 Å². The lowest BCUT2D eigenvalue weighted by Gasteiger charge is -2.11. The minimum atomic E-state index is -4.43. The number of amides is 1. The molecular formula is C16H16F3N3O2. The number of carbonyl (C=O) groups excluding carboxylic acids is 1. The number of hydrogen-bond donors (Lipinski definition) is 2. The number of hydrogen-bond acceptors (Lipinski definition) is 4. The molecule has 0 spiro atoms. The number of nitrogens with one attached hydrogen (secondary N) is 1. The normalized spacial score (nSPS) is 11.2. The molecule has 5 nitrogen and oxygen atoms in total. The summed E-state index contributed by atoms with van der Waals surface area (Å²) in [5.74, 6) is -0.478. The lowest BCUT2D eigenvalue weighted by molar-refractivity contribution is -0.154. The number of carbonyl (C=O) groups is 1. The fraction of sp³-hybridized carbons (Fsp3) is 0.250. The highest BCUT2D eigenvalue weighted by Crippen LogP contribution is 2.18. The molecule has 0 aliphatic rings. The molecule has 0 bridgehead atoms. The van der Waals surface area contributed by atoms with E-state index in [1.54, 1.807) is 31.2 Å². The smallest absolute Gasteiger partial charge is 0.422 e. The highest BCUT2D eigenvalue weighted by Gasteiger charge is 2.28. The average molecular weight is 339 g/mol. The maximum absolute atomic E-state index is 12.2. The van der Waals surface area contributed by atoms with Crippen LogP contribution in [0.4, 0.5) is 18.9 Å².